The molecule has 1 amide bonds. The Bertz CT molecular complexity index is 430. The number of hydrogen-bond donors (Lipinski definition) is 2. The normalized spacial score (nSPS) is 19.2. The van der Waals surface area contributed by atoms with Gasteiger partial charge in [-0.2, -0.15) is 0 Å². The lowest BCUT2D eigenvalue weighted by molar-refractivity contribution is 0.0779. The first-order valence-corrected chi connectivity index (χ1v) is 6.10. The Balaban J connectivity index is 2.13. The van der Waals surface area contributed by atoms with Gasteiger partial charge in [0.1, 0.15) is 17.1 Å². The molecule has 0 saturated carbocycles. The largest absolute Gasteiger partial charge is 0.507 e. The smallest absolute Gasteiger partial charge is 0.260 e. The third-order valence-electron chi connectivity index (χ3n) is 3.35. The summed E-state index contributed by atoms with van der Waals surface area (Å²) in [7, 11) is 0. The first kappa shape index (κ1) is 12.8. The third-order valence-corrected chi connectivity index (χ3v) is 3.35. The number of carbonyl (C=O) groups excluding carboxylic acids is 1. The van der Waals surface area contributed by atoms with Crippen LogP contribution in [-0.2, 0) is 0 Å². The number of benzene rings is 1. The van der Waals surface area contributed by atoms with E-state index in [1.54, 1.807) is 4.90 Å². The molecular formula is C13H17FN2O2. The molecule has 0 spiro atoms. The molecule has 3 N–H and O–H groups in total. The van der Waals surface area contributed by atoms with Crippen LogP contribution < -0.4 is 5.73 Å². The third kappa shape index (κ3) is 2.46. The molecular weight excluding hydrogens is 235 g/mol. The van der Waals surface area contributed by atoms with Crippen LogP contribution in [0.3, 0.4) is 0 Å². The molecule has 5 heteroatoms. The summed E-state index contributed by atoms with van der Waals surface area (Å²) in [5, 5.41) is 9.58. The molecule has 1 aliphatic heterocycles. The average molecular weight is 252 g/mol. The predicted octanol–water partition coefficient (Wildman–Crippen LogP) is 1.34. The zero-order valence-electron chi connectivity index (χ0n) is 10.1. The lowest BCUT2D eigenvalue weighted by Crippen LogP contribution is -2.29. The Labute approximate surface area is 105 Å². The Morgan fingerprint density at radius 2 is 2.33 bits per heavy atom. The van der Waals surface area contributed by atoms with E-state index in [0.717, 1.165) is 12.8 Å². The van der Waals surface area contributed by atoms with Crippen LogP contribution in [-0.4, -0.2) is 35.5 Å². The highest BCUT2D eigenvalue weighted by Crippen LogP contribution is 2.26. The van der Waals surface area contributed by atoms with E-state index in [-0.39, 0.29) is 11.3 Å². The number of amides is 1. The van der Waals surface area contributed by atoms with Crippen molar-refractivity contribution in [3.05, 3.63) is 29.6 Å². The van der Waals surface area contributed by atoms with Crippen molar-refractivity contribution in [1.82, 2.24) is 4.90 Å². The van der Waals surface area contributed by atoms with Gasteiger partial charge in [0.15, 0.2) is 0 Å². The molecule has 0 bridgehead atoms. The van der Waals surface area contributed by atoms with Gasteiger partial charge in [-0.1, -0.05) is 6.07 Å². The van der Waals surface area contributed by atoms with Crippen LogP contribution in [0, 0.1) is 11.7 Å². The van der Waals surface area contributed by atoms with E-state index >= 15 is 0 Å². The number of carbonyl (C=O) groups is 1. The van der Waals surface area contributed by atoms with Crippen LogP contribution in [0.4, 0.5) is 4.39 Å². The fourth-order valence-corrected chi connectivity index (χ4v) is 2.37. The van der Waals surface area contributed by atoms with Crippen molar-refractivity contribution < 1.29 is 14.3 Å². The predicted molar refractivity (Wildman–Crippen MR) is 65.7 cm³/mol. The minimum absolute atomic E-state index is 0.231. The minimum atomic E-state index is -0.678. The summed E-state index contributed by atoms with van der Waals surface area (Å²) in [6.45, 7) is 1.78. The molecule has 18 heavy (non-hydrogen) atoms. The van der Waals surface area contributed by atoms with Crippen LogP contribution in [0.1, 0.15) is 23.2 Å². The van der Waals surface area contributed by atoms with Crippen molar-refractivity contribution in [1.29, 1.82) is 0 Å². The van der Waals surface area contributed by atoms with Crippen LogP contribution >= 0.6 is 0 Å². The quantitative estimate of drug-likeness (QED) is 0.853. The molecule has 1 heterocycles. The molecule has 1 fully saturated rings. The van der Waals surface area contributed by atoms with E-state index < -0.39 is 11.7 Å². The van der Waals surface area contributed by atoms with Gasteiger partial charge >= 0.3 is 0 Å². The van der Waals surface area contributed by atoms with E-state index in [4.69, 9.17) is 5.73 Å². The maximum Gasteiger partial charge on any atom is 0.260 e. The van der Waals surface area contributed by atoms with Crippen molar-refractivity contribution in [3.63, 3.8) is 0 Å². The van der Waals surface area contributed by atoms with Gasteiger partial charge in [-0.15, -0.1) is 0 Å². The lowest BCUT2D eigenvalue weighted by atomic mass is 10.1. The number of rotatable bonds is 3. The maximum atomic E-state index is 13.6. The molecule has 1 saturated heterocycles. The monoisotopic (exact) mass is 252 g/mol. The van der Waals surface area contributed by atoms with Crippen LogP contribution in [0.2, 0.25) is 0 Å². The molecule has 1 atom stereocenters. The maximum absolute atomic E-state index is 13.6. The number of phenols is 1. The van der Waals surface area contributed by atoms with Crippen molar-refractivity contribution in [2.75, 3.05) is 19.6 Å². The average Bonchev–Trinajstić information content (AvgIpc) is 2.78. The van der Waals surface area contributed by atoms with Gasteiger partial charge in [0.2, 0.25) is 0 Å². The molecule has 0 radical (unpaired) electrons. The molecule has 1 unspecified atom stereocenters. The van der Waals surface area contributed by atoms with Gasteiger partial charge in [-0.25, -0.2) is 4.39 Å². The summed E-state index contributed by atoms with van der Waals surface area (Å²) < 4.78 is 13.6. The molecule has 4 nitrogen and oxygen atoms in total. The Kier molecular flexibility index (Phi) is 3.81. The number of halogens is 1. The number of likely N-dealkylation sites (tertiary alicyclic amines) is 1. The molecule has 1 aliphatic rings. The molecule has 0 aliphatic carbocycles. The first-order chi connectivity index (χ1) is 8.63. The molecule has 0 aromatic heterocycles. The van der Waals surface area contributed by atoms with Crippen molar-refractivity contribution in [2.45, 2.75) is 12.8 Å². The Morgan fingerprint density at radius 1 is 1.56 bits per heavy atom. The molecule has 1 aromatic carbocycles. The zero-order valence-corrected chi connectivity index (χ0v) is 10.1. The van der Waals surface area contributed by atoms with Crippen LogP contribution in [0.5, 0.6) is 5.75 Å². The second-order valence-electron chi connectivity index (χ2n) is 4.62. The highest BCUT2D eigenvalue weighted by molar-refractivity contribution is 5.97. The standard InChI is InChI=1S/C13H17FN2O2/c14-10-2-1-3-11(17)12(10)13(18)16-7-5-9(8-16)4-6-15/h1-3,9,17H,4-8,15H2. The highest BCUT2D eigenvalue weighted by atomic mass is 19.1. The van der Waals surface area contributed by atoms with E-state index in [1.807, 2.05) is 0 Å². The van der Waals surface area contributed by atoms with Crippen LogP contribution in [0.15, 0.2) is 18.2 Å². The highest BCUT2D eigenvalue weighted by Gasteiger charge is 2.29. The van der Waals surface area contributed by atoms with Gasteiger partial charge in [-0.05, 0) is 37.4 Å². The number of hydrogen-bond acceptors (Lipinski definition) is 3. The molecule has 98 valence electrons. The Hall–Kier alpha value is -1.62. The second-order valence-corrected chi connectivity index (χ2v) is 4.62. The number of phenolic OH excluding ortho intramolecular Hbond substituents is 1. The summed E-state index contributed by atoms with van der Waals surface area (Å²) >= 11 is 0. The van der Waals surface area contributed by atoms with Gasteiger partial charge in [0.25, 0.3) is 5.91 Å². The first-order valence-electron chi connectivity index (χ1n) is 6.10. The summed E-state index contributed by atoms with van der Waals surface area (Å²) in [6.07, 6.45) is 1.76. The summed E-state index contributed by atoms with van der Waals surface area (Å²) in [6, 6.07) is 3.88. The van der Waals surface area contributed by atoms with Gasteiger partial charge in [-0.3, -0.25) is 4.79 Å². The fourth-order valence-electron chi connectivity index (χ4n) is 2.37. The van der Waals surface area contributed by atoms with E-state index in [1.165, 1.54) is 18.2 Å². The fraction of sp³-hybridized carbons (Fsp3) is 0.462. The number of nitrogens with two attached hydrogens (primary N) is 1. The van der Waals surface area contributed by atoms with E-state index in [9.17, 15) is 14.3 Å². The topological polar surface area (TPSA) is 66.6 Å². The van der Waals surface area contributed by atoms with Gasteiger partial charge < -0.3 is 15.7 Å². The van der Waals surface area contributed by atoms with Crippen molar-refractivity contribution >= 4 is 5.91 Å². The number of nitrogens with zero attached hydrogens (tertiary/aromatic N) is 1. The molecule has 2 rings (SSSR count). The SMILES string of the molecule is NCCC1CCN(C(=O)c2c(O)cccc2F)C1. The zero-order chi connectivity index (χ0) is 13.1. The summed E-state index contributed by atoms with van der Waals surface area (Å²) in [5.74, 6) is -1.04. The van der Waals surface area contributed by atoms with Crippen molar-refractivity contribution in [2.24, 2.45) is 11.7 Å². The van der Waals surface area contributed by atoms with Crippen LogP contribution in [0.25, 0.3) is 0 Å². The van der Waals surface area contributed by atoms with Gasteiger partial charge in [0, 0.05) is 13.1 Å². The summed E-state index contributed by atoms with van der Waals surface area (Å²) in [5.41, 5.74) is 5.26. The minimum Gasteiger partial charge on any atom is -0.507 e. The second kappa shape index (κ2) is 5.35. The van der Waals surface area contributed by atoms with Gasteiger partial charge in [0.05, 0.1) is 0 Å². The number of aromatic hydroxyl groups is 1. The van der Waals surface area contributed by atoms with Crippen molar-refractivity contribution in [3.8, 4) is 5.75 Å². The summed E-state index contributed by atoms with van der Waals surface area (Å²) in [4.78, 5) is 13.7. The van der Waals surface area contributed by atoms with E-state index in [2.05, 4.69) is 0 Å². The molecule has 1 aromatic rings. The lowest BCUT2D eigenvalue weighted by Gasteiger charge is -2.17. The Morgan fingerprint density at radius 3 is 3.00 bits per heavy atom. The van der Waals surface area contributed by atoms with E-state index in [0.29, 0.717) is 25.6 Å².